The van der Waals surface area contributed by atoms with Crippen LogP contribution in [-0.2, 0) is 9.47 Å². The number of carbonyl (C=O) groups excluding carboxylic acids is 1. The molecule has 0 saturated carbocycles. The second-order valence-electron chi connectivity index (χ2n) is 9.65. The van der Waals surface area contributed by atoms with E-state index in [0.717, 1.165) is 34.0 Å². The first-order valence-corrected chi connectivity index (χ1v) is 13.9. The average Bonchev–Trinajstić information content (AvgIpc) is 3.48. The minimum Gasteiger partial charge on any atom is -0.490 e. The number of carbonyl (C=O) groups is 1. The number of rotatable bonds is 9. The number of nitrogens with one attached hydrogen (secondary N) is 1. The molecule has 2 aromatic carbocycles. The number of aromatic nitrogens is 2. The van der Waals surface area contributed by atoms with E-state index in [4.69, 9.17) is 38.0 Å². The molecule has 0 aliphatic carbocycles. The topological polar surface area (TPSA) is 77.9 Å². The van der Waals surface area contributed by atoms with E-state index in [0.29, 0.717) is 34.7 Å². The third-order valence-electron chi connectivity index (χ3n) is 7.17. The Labute approximate surface area is 249 Å². The van der Waals surface area contributed by atoms with Crippen LogP contribution < -0.4 is 15.0 Å². The molecule has 5 rings (SSSR count). The van der Waals surface area contributed by atoms with Crippen LogP contribution in [0.2, 0.25) is 5.02 Å². The number of benzene rings is 2. The summed E-state index contributed by atoms with van der Waals surface area (Å²) in [6.07, 6.45) is 1.79. The molecule has 10 heteroatoms. The van der Waals surface area contributed by atoms with Crippen molar-refractivity contribution >= 4 is 40.6 Å². The molecule has 1 N–H and O–H groups in total. The lowest BCUT2D eigenvalue weighted by Crippen LogP contribution is -2.29. The number of thiocarbonyl (C=S) groups is 1. The molecule has 0 radical (unpaired) electrons. The van der Waals surface area contributed by atoms with E-state index in [1.807, 2.05) is 48.5 Å². The van der Waals surface area contributed by atoms with Crippen molar-refractivity contribution in [2.24, 2.45) is 0 Å². The highest BCUT2D eigenvalue weighted by molar-refractivity contribution is 7.80. The predicted molar refractivity (Wildman–Crippen MR) is 163 cm³/mol. The molecule has 8 nitrogen and oxygen atoms in total. The van der Waals surface area contributed by atoms with Gasteiger partial charge in [-0.1, -0.05) is 17.7 Å². The van der Waals surface area contributed by atoms with Gasteiger partial charge in [-0.15, -0.1) is 0 Å². The molecule has 41 heavy (non-hydrogen) atoms. The highest BCUT2D eigenvalue weighted by atomic mass is 35.5. The Morgan fingerprint density at radius 2 is 1.78 bits per heavy atom. The van der Waals surface area contributed by atoms with Crippen molar-refractivity contribution in [2.75, 3.05) is 32.3 Å². The Balaban J connectivity index is 1.58. The summed E-state index contributed by atoms with van der Waals surface area (Å²) in [6, 6.07) is 20.7. The Hall–Kier alpha value is -3.92. The van der Waals surface area contributed by atoms with E-state index in [9.17, 15) is 4.79 Å². The van der Waals surface area contributed by atoms with Gasteiger partial charge in [0.25, 0.3) is 0 Å². The first-order valence-electron chi connectivity index (χ1n) is 13.1. The fourth-order valence-electron chi connectivity index (χ4n) is 5.29. The van der Waals surface area contributed by atoms with Crippen LogP contribution in [0.1, 0.15) is 45.1 Å². The van der Waals surface area contributed by atoms with Crippen LogP contribution in [0.4, 0.5) is 5.69 Å². The Bertz CT molecular complexity index is 1560. The molecule has 1 saturated heterocycles. The third-order valence-corrected chi connectivity index (χ3v) is 7.78. The van der Waals surface area contributed by atoms with Gasteiger partial charge in [0.2, 0.25) is 0 Å². The minimum atomic E-state index is -0.369. The van der Waals surface area contributed by atoms with Crippen LogP contribution in [0.25, 0.3) is 5.69 Å². The first kappa shape index (κ1) is 28.6. The van der Waals surface area contributed by atoms with Gasteiger partial charge in [0, 0.05) is 36.1 Å². The number of esters is 1. The second kappa shape index (κ2) is 12.3. The molecule has 0 bridgehead atoms. The van der Waals surface area contributed by atoms with Gasteiger partial charge in [0.05, 0.1) is 42.1 Å². The average molecular weight is 591 g/mol. The van der Waals surface area contributed by atoms with Crippen molar-refractivity contribution in [3.05, 3.63) is 106 Å². The van der Waals surface area contributed by atoms with Crippen LogP contribution in [0.3, 0.4) is 0 Å². The third kappa shape index (κ3) is 5.66. The molecule has 3 heterocycles. The van der Waals surface area contributed by atoms with Gasteiger partial charge >= 0.3 is 5.97 Å². The van der Waals surface area contributed by atoms with Gasteiger partial charge in [0.15, 0.2) is 5.11 Å². The van der Waals surface area contributed by atoms with Crippen LogP contribution in [-0.4, -0.2) is 48.1 Å². The molecular weight excluding hydrogens is 560 g/mol. The highest BCUT2D eigenvalue weighted by Gasteiger charge is 2.42. The lowest BCUT2D eigenvalue weighted by Gasteiger charge is -2.28. The van der Waals surface area contributed by atoms with E-state index in [1.165, 1.54) is 7.11 Å². The number of pyridine rings is 1. The van der Waals surface area contributed by atoms with Gasteiger partial charge in [-0.05, 0) is 92.3 Å². The highest BCUT2D eigenvalue weighted by Crippen LogP contribution is 2.45. The standard InChI is InChI=1S/C31H31ClN4O4S/c1-19-17-24(20(2)35(19)22-10-8-21(9-11-22)30(37)39-4)29-28(26-7-5-6-14-33-26)34-31(41)36(29)23-12-13-27(25(32)18-23)40-16-15-38-3/h5-14,17-18,28-29H,15-16H2,1-4H3,(H,34,41)/t28-,29-/m1/s1. The Morgan fingerprint density at radius 1 is 1.02 bits per heavy atom. The lowest BCUT2D eigenvalue weighted by molar-refractivity contribution is 0.0600. The number of nitrogens with zero attached hydrogens (tertiary/aromatic N) is 3. The summed E-state index contributed by atoms with van der Waals surface area (Å²) in [5, 5.41) is 4.56. The maximum atomic E-state index is 12.0. The number of hydrogen-bond acceptors (Lipinski definition) is 6. The second-order valence-corrected chi connectivity index (χ2v) is 10.4. The molecule has 2 aromatic heterocycles. The SMILES string of the molecule is COCCOc1ccc(N2C(=S)N[C@H](c3ccccn3)[C@H]2c2cc(C)n(-c3ccc(C(=O)OC)cc3)c2C)cc1Cl. The van der Waals surface area contributed by atoms with Gasteiger partial charge < -0.3 is 29.0 Å². The summed E-state index contributed by atoms with van der Waals surface area (Å²) in [4.78, 5) is 18.7. The summed E-state index contributed by atoms with van der Waals surface area (Å²) in [6.45, 7) is 5.02. The molecule has 2 atom stereocenters. The van der Waals surface area contributed by atoms with E-state index in [1.54, 1.807) is 25.4 Å². The van der Waals surface area contributed by atoms with Gasteiger partial charge in [-0.25, -0.2) is 4.79 Å². The summed E-state index contributed by atoms with van der Waals surface area (Å²) in [5.41, 5.74) is 6.31. The van der Waals surface area contributed by atoms with Gasteiger partial charge in [-0.3, -0.25) is 4.98 Å². The quantitative estimate of drug-likeness (QED) is 0.142. The van der Waals surface area contributed by atoms with Crippen LogP contribution in [0.15, 0.2) is 72.9 Å². The number of aryl methyl sites for hydroxylation is 1. The van der Waals surface area contributed by atoms with Gasteiger partial charge in [-0.2, -0.15) is 0 Å². The predicted octanol–water partition coefficient (Wildman–Crippen LogP) is 6.13. The number of methoxy groups -OCH3 is 2. The van der Waals surface area contributed by atoms with E-state index in [2.05, 4.69) is 39.7 Å². The molecule has 4 aromatic rings. The first-order chi connectivity index (χ1) is 19.8. The van der Waals surface area contributed by atoms with Crippen LogP contribution >= 0.6 is 23.8 Å². The number of hydrogen-bond donors (Lipinski definition) is 1. The summed E-state index contributed by atoms with van der Waals surface area (Å²) in [5.74, 6) is 0.211. The molecule has 1 aliphatic heterocycles. The van der Waals surface area contributed by atoms with Gasteiger partial charge in [0.1, 0.15) is 12.4 Å². The lowest BCUT2D eigenvalue weighted by atomic mass is 9.96. The Morgan fingerprint density at radius 3 is 2.44 bits per heavy atom. The van der Waals surface area contributed by atoms with Crippen molar-refractivity contribution in [3.8, 4) is 11.4 Å². The fraction of sp³-hybridized carbons (Fsp3) is 0.258. The molecule has 1 aliphatic rings. The summed E-state index contributed by atoms with van der Waals surface area (Å²) < 4.78 is 17.9. The van der Waals surface area contributed by atoms with Crippen molar-refractivity contribution in [1.82, 2.24) is 14.9 Å². The zero-order chi connectivity index (χ0) is 29.1. The van der Waals surface area contributed by atoms with E-state index in [-0.39, 0.29) is 18.1 Å². The van der Waals surface area contributed by atoms with Crippen LogP contribution in [0, 0.1) is 13.8 Å². The summed E-state index contributed by atoms with van der Waals surface area (Å²) >= 11 is 12.6. The molecule has 0 amide bonds. The van der Waals surface area contributed by atoms with E-state index < -0.39 is 0 Å². The minimum absolute atomic E-state index is 0.212. The molecule has 1 fully saturated rings. The number of halogens is 1. The number of anilines is 1. The summed E-state index contributed by atoms with van der Waals surface area (Å²) in [7, 11) is 3.00. The number of ether oxygens (including phenoxy) is 3. The fourth-order valence-corrected chi connectivity index (χ4v) is 5.86. The maximum Gasteiger partial charge on any atom is 0.337 e. The largest absolute Gasteiger partial charge is 0.490 e. The van der Waals surface area contributed by atoms with E-state index >= 15 is 0 Å². The molecule has 0 unspecified atom stereocenters. The molecule has 0 spiro atoms. The Kier molecular flexibility index (Phi) is 8.58. The van der Waals surface area contributed by atoms with Crippen molar-refractivity contribution in [2.45, 2.75) is 25.9 Å². The van der Waals surface area contributed by atoms with Crippen molar-refractivity contribution < 1.29 is 19.0 Å². The van der Waals surface area contributed by atoms with Crippen molar-refractivity contribution in [3.63, 3.8) is 0 Å². The molecule has 212 valence electrons. The van der Waals surface area contributed by atoms with Crippen LogP contribution in [0.5, 0.6) is 5.75 Å². The van der Waals surface area contributed by atoms with Crippen molar-refractivity contribution in [1.29, 1.82) is 0 Å². The molecular formula is C31H31ClN4O4S. The zero-order valence-corrected chi connectivity index (χ0v) is 24.8. The maximum absolute atomic E-state index is 12.0. The zero-order valence-electron chi connectivity index (χ0n) is 23.3. The normalized spacial score (nSPS) is 16.5. The smallest absolute Gasteiger partial charge is 0.337 e. The monoisotopic (exact) mass is 590 g/mol.